The third-order valence-electron chi connectivity index (χ3n) is 3.47. The molecule has 1 N–H and O–H groups in total. The summed E-state index contributed by atoms with van der Waals surface area (Å²) in [5.74, 6) is -0.506. The van der Waals surface area contributed by atoms with Crippen LogP contribution < -0.4 is 4.72 Å². The number of sulfonamides is 1. The van der Waals surface area contributed by atoms with Gasteiger partial charge < -0.3 is 0 Å². The fourth-order valence-electron chi connectivity index (χ4n) is 2.26. The Morgan fingerprint density at radius 3 is 2.76 bits per heavy atom. The molecule has 1 aliphatic carbocycles. The Labute approximate surface area is 131 Å². The Morgan fingerprint density at radius 1 is 1.43 bits per heavy atom. The standard InChI is InChI=1S/C13H14N2O3S3/c1-7-3-4-19-12(7)9-5-10(9)13(16)15-21(17,18)11-6-14-8(2)20-11/h3-4,6,9-10H,5H2,1-2H3,(H,15,16)/t9-,10-/m0/s1. The zero-order valence-corrected chi connectivity index (χ0v) is 13.9. The predicted octanol–water partition coefficient (Wildman–Crippen LogP) is 2.43. The first-order valence-corrected chi connectivity index (χ1v) is 9.59. The van der Waals surface area contributed by atoms with E-state index < -0.39 is 15.9 Å². The van der Waals surface area contributed by atoms with E-state index >= 15 is 0 Å². The molecule has 2 aromatic heterocycles. The summed E-state index contributed by atoms with van der Waals surface area (Å²) in [6, 6.07) is 2.02. The molecule has 1 aliphatic rings. The van der Waals surface area contributed by atoms with Gasteiger partial charge in [0.15, 0.2) is 4.21 Å². The SMILES string of the molecule is Cc1ncc(S(=O)(=O)NC(=O)[C@H]2C[C@@H]2c2sccc2C)s1. The first-order valence-electron chi connectivity index (χ1n) is 6.41. The van der Waals surface area contributed by atoms with Crippen molar-refractivity contribution >= 4 is 38.6 Å². The minimum absolute atomic E-state index is 0.0813. The van der Waals surface area contributed by atoms with Gasteiger partial charge in [0.05, 0.1) is 11.2 Å². The number of hydrogen-bond donors (Lipinski definition) is 1. The van der Waals surface area contributed by atoms with E-state index in [-0.39, 0.29) is 16.0 Å². The third kappa shape index (κ3) is 2.88. The number of hydrogen-bond acceptors (Lipinski definition) is 6. The lowest BCUT2D eigenvalue weighted by molar-refractivity contribution is -0.120. The highest BCUT2D eigenvalue weighted by molar-refractivity contribution is 7.92. The van der Waals surface area contributed by atoms with E-state index in [9.17, 15) is 13.2 Å². The van der Waals surface area contributed by atoms with Gasteiger partial charge >= 0.3 is 0 Å². The van der Waals surface area contributed by atoms with Crippen LogP contribution in [-0.2, 0) is 14.8 Å². The van der Waals surface area contributed by atoms with Crippen molar-refractivity contribution in [2.24, 2.45) is 5.92 Å². The highest BCUT2D eigenvalue weighted by Gasteiger charge is 2.46. The summed E-state index contributed by atoms with van der Waals surface area (Å²) in [6.07, 6.45) is 1.99. The maximum Gasteiger partial charge on any atom is 0.275 e. The number of thiazole rings is 1. The zero-order valence-electron chi connectivity index (χ0n) is 11.5. The van der Waals surface area contributed by atoms with Crippen LogP contribution in [0.5, 0.6) is 0 Å². The van der Waals surface area contributed by atoms with E-state index in [1.165, 1.54) is 16.6 Å². The van der Waals surface area contributed by atoms with Crippen LogP contribution in [0.25, 0.3) is 0 Å². The number of rotatable bonds is 4. The molecule has 8 heteroatoms. The number of aromatic nitrogens is 1. The van der Waals surface area contributed by atoms with Gasteiger partial charge in [0.25, 0.3) is 10.0 Å². The van der Waals surface area contributed by atoms with Crippen LogP contribution in [0.2, 0.25) is 0 Å². The number of nitrogens with zero attached hydrogens (tertiary/aromatic N) is 1. The van der Waals surface area contributed by atoms with Crippen molar-refractivity contribution < 1.29 is 13.2 Å². The largest absolute Gasteiger partial charge is 0.275 e. The van der Waals surface area contributed by atoms with E-state index in [2.05, 4.69) is 9.71 Å². The molecule has 3 rings (SSSR count). The maximum absolute atomic E-state index is 12.1. The first-order chi connectivity index (χ1) is 9.88. The lowest BCUT2D eigenvalue weighted by Crippen LogP contribution is -2.31. The molecule has 21 heavy (non-hydrogen) atoms. The Morgan fingerprint density at radius 2 is 2.19 bits per heavy atom. The molecule has 2 atom stereocenters. The summed E-state index contributed by atoms with van der Waals surface area (Å²) in [5, 5.41) is 2.65. The van der Waals surface area contributed by atoms with Crippen molar-refractivity contribution in [3.8, 4) is 0 Å². The molecular weight excluding hydrogens is 328 g/mol. The smallest absolute Gasteiger partial charge is 0.274 e. The van der Waals surface area contributed by atoms with E-state index in [0.717, 1.165) is 11.3 Å². The second-order valence-corrected chi connectivity index (χ2v) is 9.18. The van der Waals surface area contributed by atoms with Crippen LogP contribution in [0.1, 0.15) is 27.8 Å². The quantitative estimate of drug-likeness (QED) is 0.926. The van der Waals surface area contributed by atoms with E-state index in [1.54, 1.807) is 18.3 Å². The normalized spacial score (nSPS) is 21.2. The number of nitrogens with one attached hydrogen (secondary N) is 1. The van der Waals surface area contributed by atoms with Gasteiger partial charge in [-0.25, -0.2) is 18.1 Å². The summed E-state index contributed by atoms with van der Waals surface area (Å²) >= 11 is 2.68. The average molecular weight is 342 g/mol. The fraction of sp³-hybridized carbons (Fsp3) is 0.385. The Balaban J connectivity index is 1.70. The molecule has 1 amide bonds. The maximum atomic E-state index is 12.1. The summed E-state index contributed by atoms with van der Waals surface area (Å²) in [5.41, 5.74) is 1.17. The lowest BCUT2D eigenvalue weighted by Gasteiger charge is -2.04. The molecule has 1 saturated carbocycles. The van der Waals surface area contributed by atoms with Crippen LogP contribution in [0.4, 0.5) is 0 Å². The predicted molar refractivity (Wildman–Crippen MR) is 82.1 cm³/mol. The molecule has 1 fully saturated rings. The van der Waals surface area contributed by atoms with Crippen molar-refractivity contribution in [2.75, 3.05) is 0 Å². The van der Waals surface area contributed by atoms with Gasteiger partial charge in [0.2, 0.25) is 5.91 Å². The summed E-state index contributed by atoms with van der Waals surface area (Å²) in [6.45, 7) is 3.73. The molecule has 0 aromatic carbocycles. The van der Waals surface area contributed by atoms with E-state index in [1.807, 2.05) is 18.4 Å². The van der Waals surface area contributed by atoms with Gasteiger partial charge in [-0.05, 0) is 37.3 Å². The summed E-state index contributed by atoms with van der Waals surface area (Å²) in [4.78, 5) is 17.2. The molecule has 2 heterocycles. The molecular formula is C13H14N2O3S3. The fourth-order valence-corrected chi connectivity index (χ4v) is 5.51. The van der Waals surface area contributed by atoms with Gasteiger partial charge in [-0.1, -0.05) is 0 Å². The number of aryl methyl sites for hydroxylation is 2. The number of carbonyl (C=O) groups is 1. The monoisotopic (exact) mass is 342 g/mol. The van der Waals surface area contributed by atoms with Crippen LogP contribution >= 0.6 is 22.7 Å². The Hall–Kier alpha value is -1.25. The zero-order chi connectivity index (χ0) is 15.2. The molecule has 5 nitrogen and oxygen atoms in total. The van der Waals surface area contributed by atoms with Crippen LogP contribution in [-0.4, -0.2) is 19.3 Å². The summed E-state index contributed by atoms with van der Waals surface area (Å²) in [7, 11) is -3.79. The van der Waals surface area contributed by atoms with E-state index in [0.29, 0.717) is 11.4 Å². The van der Waals surface area contributed by atoms with E-state index in [4.69, 9.17) is 0 Å². The molecule has 0 bridgehead atoms. The molecule has 0 spiro atoms. The van der Waals surface area contributed by atoms with Crippen molar-refractivity contribution in [3.05, 3.63) is 33.1 Å². The van der Waals surface area contributed by atoms with Crippen LogP contribution in [0.15, 0.2) is 21.9 Å². The highest BCUT2D eigenvalue weighted by Crippen LogP contribution is 2.50. The number of thiophene rings is 1. The minimum Gasteiger partial charge on any atom is -0.274 e. The van der Waals surface area contributed by atoms with Crippen LogP contribution in [0, 0.1) is 19.8 Å². The topological polar surface area (TPSA) is 76.1 Å². The summed E-state index contributed by atoms with van der Waals surface area (Å²) < 4.78 is 26.4. The van der Waals surface area contributed by atoms with Gasteiger partial charge in [0.1, 0.15) is 0 Å². The number of carbonyl (C=O) groups excluding carboxylic acids is 1. The second kappa shape index (κ2) is 5.19. The third-order valence-corrected chi connectivity index (χ3v) is 7.34. The minimum atomic E-state index is -3.79. The van der Waals surface area contributed by atoms with Crippen LogP contribution in [0.3, 0.4) is 0 Å². The second-order valence-electron chi connectivity index (χ2n) is 5.08. The molecule has 0 saturated heterocycles. The number of amides is 1. The molecule has 0 radical (unpaired) electrons. The van der Waals surface area contributed by atoms with Crippen molar-refractivity contribution in [1.82, 2.24) is 9.71 Å². The average Bonchev–Trinajstić information content (AvgIpc) is 2.88. The van der Waals surface area contributed by atoms with Gasteiger partial charge in [-0.15, -0.1) is 22.7 Å². The molecule has 112 valence electrons. The van der Waals surface area contributed by atoms with Gasteiger partial charge in [-0.3, -0.25) is 4.79 Å². The molecule has 0 unspecified atom stereocenters. The Bertz CT molecular complexity index is 791. The van der Waals surface area contributed by atoms with Crippen molar-refractivity contribution in [1.29, 1.82) is 0 Å². The van der Waals surface area contributed by atoms with Gasteiger partial charge in [-0.2, -0.15) is 0 Å². The van der Waals surface area contributed by atoms with Crippen molar-refractivity contribution in [3.63, 3.8) is 0 Å². The Kier molecular flexibility index (Phi) is 3.62. The van der Waals surface area contributed by atoms with Crippen molar-refractivity contribution in [2.45, 2.75) is 30.4 Å². The van der Waals surface area contributed by atoms with Gasteiger partial charge in [0, 0.05) is 16.7 Å². The first kappa shape index (κ1) is 14.7. The highest BCUT2D eigenvalue weighted by atomic mass is 32.2. The lowest BCUT2D eigenvalue weighted by atomic mass is 10.2. The molecule has 2 aromatic rings. The molecule has 0 aliphatic heterocycles.